The van der Waals surface area contributed by atoms with E-state index < -0.39 is 0 Å². The summed E-state index contributed by atoms with van der Waals surface area (Å²) in [5, 5.41) is 2.57. The molecule has 3 aromatic carbocycles. The van der Waals surface area contributed by atoms with Gasteiger partial charge in [-0.25, -0.2) is 0 Å². The van der Waals surface area contributed by atoms with Gasteiger partial charge in [0.15, 0.2) is 0 Å². The standard InChI is InChI=1S/C26H33N3S/c1-3-13-28-14-6-15-29(17-16-28)20-22-10-9-21(2)26(18-22)27-30-25-12-11-23-7-4-5-8-24(23)19-25/h4-5,7-12,18-19,27H,3,6,13-17,20H2,1-2H3. The third-order valence-corrected chi connectivity index (χ3v) is 6.74. The summed E-state index contributed by atoms with van der Waals surface area (Å²) < 4.78 is 3.60. The van der Waals surface area contributed by atoms with Crippen molar-refractivity contribution in [1.29, 1.82) is 0 Å². The third kappa shape index (κ3) is 5.57. The molecule has 0 spiro atoms. The second-order valence-electron chi connectivity index (χ2n) is 8.33. The predicted molar refractivity (Wildman–Crippen MR) is 131 cm³/mol. The van der Waals surface area contributed by atoms with Crippen molar-refractivity contribution in [3.05, 3.63) is 71.8 Å². The maximum absolute atomic E-state index is 3.60. The topological polar surface area (TPSA) is 18.5 Å². The number of hydrogen-bond donors (Lipinski definition) is 1. The highest BCUT2D eigenvalue weighted by Crippen LogP contribution is 2.27. The van der Waals surface area contributed by atoms with Crippen LogP contribution in [0.4, 0.5) is 5.69 Å². The van der Waals surface area contributed by atoms with Gasteiger partial charge in [-0.3, -0.25) is 4.90 Å². The van der Waals surface area contributed by atoms with Gasteiger partial charge in [0.1, 0.15) is 0 Å². The number of anilines is 1. The summed E-state index contributed by atoms with van der Waals surface area (Å²) >= 11 is 1.70. The van der Waals surface area contributed by atoms with E-state index in [1.807, 2.05) is 0 Å². The van der Waals surface area contributed by atoms with Gasteiger partial charge in [-0.15, -0.1) is 0 Å². The number of nitrogens with one attached hydrogen (secondary N) is 1. The lowest BCUT2D eigenvalue weighted by Gasteiger charge is -2.22. The Hall–Kier alpha value is -2.01. The minimum Gasteiger partial charge on any atom is -0.325 e. The molecular weight excluding hydrogens is 386 g/mol. The van der Waals surface area contributed by atoms with E-state index in [2.05, 4.69) is 89.0 Å². The summed E-state index contributed by atoms with van der Waals surface area (Å²) in [5.41, 5.74) is 3.90. The minimum absolute atomic E-state index is 1.04. The van der Waals surface area contributed by atoms with Gasteiger partial charge in [0.2, 0.25) is 0 Å². The van der Waals surface area contributed by atoms with E-state index in [1.54, 1.807) is 11.9 Å². The second kappa shape index (κ2) is 10.3. The fraction of sp³-hybridized carbons (Fsp3) is 0.385. The molecule has 0 aromatic heterocycles. The van der Waals surface area contributed by atoms with E-state index in [9.17, 15) is 0 Å². The molecule has 4 heteroatoms. The van der Waals surface area contributed by atoms with Crippen LogP contribution in [0.2, 0.25) is 0 Å². The summed E-state index contributed by atoms with van der Waals surface area (Å²) in [6, 6.07) is 22.0. The Morgan fingerprint density at radius 2 is 1.67 bits per heavy atom. The molecule has 1 aliphatic rings. The zero-order chi connectivity index (χ0) is 20.8. The molecule has 0 saturated carbocycles. The van der Waals surface area contributed by atoms with Gasteiger partial charge < -0.3 is 9.62 Å². The molecule has 1 heterocycles. The molecule has 1 fully saturated rings. The van der Waals surface area contributed by atoms with Gasteiger partial charge in [0.25, 0.3) is 0 Å². The van der Waals surface area contributed by atoms with Crippen LogP contribution in [-0.4, -0.2) is 42.5 Å². The monoisotopic (exact) mass is 419 g/mol. The van der Waals surface area contributed by atoms with E-state index in [-0.39, 0.29) is 0 Å². The smallest absolute Gasteiger partial charge is 0.0475 e. The Bertz CT molecular complexity index is 971. The molecule has 0 bridgehead atoms. The van der Waals surface area contributed by atoms with Crippen LogP contribution in [0.5, 0.6) is 0 Å². The van der Waals surface area contributed by atoms with Crippen LogP contribution in [0.25, 0.3) is 10.8 Å². The van der Waals surface area contributed by atoms with Crippen molar-refractivity contribution in [1.82, 2.24) is 9.80 Å². The summed E-state index contributed by atoms with van der Waals surface area (Å²) in [5.74, 6) is 0. The normalized spacial score (nSPS) is 15.9. The Balaban J connectivity index is 1.39. The van der Waals surface area contributed by atoms with Gasteiger partial charge in [0, 0.05) is 30.2 Å². The summed E-state index contributed by atoms with van der Waals surface area (Å²) in [6.07, 6.45) is 2.52. The fourth-order valence-corrected chi connectivity index (χ4v) is 4.97. The maximum atomic E-state index is 3.60. The molecule has 4 rings (SSSR count). The van der Waals surface area contributed by atoms with Crippen LogP contribution in [-0.2, 0) is 6.54 Å². The molecule has 0 radical (unpaired) electrons. The lowest BCUT2D eigenvalue weighted by atomic mass is 10.1. The second-order valence-corrected chi connectivity index (χ2v) is 9.21. The highest BCUT2D eigenvalue weighted by molar-refractivity contribution is 8.00. The number of fused-ring (bicyclic) bond motifs is 1. The van der Waals surface area contributed by atoms with Crippen molar-refractivity contribution in [2.75, 3.05) is 37.4 Å². The molecule has 30 heavy (non-hydrogen) atoms. The van der Waals surface area contributed by atoms with Gasteiger partial charge in [-0.1, -0.05) is 49.4 Å². The predicted octanol–water partition coefficient (Wildman–Crippen LogP) is 6.19. The molecule has 0 atom stereocenters. The van der Waals surface area contributed by atoms with Gasteiger partial charge in [0.05, 0.1) is 0 Å². The molecule has 0 unspecified atom stereocenters. The SMILES string of the molecule is CCCN1CCCN(Cc2ccc(C)c(NSc3ccc4ccccc4c3)c2)CC1. The van der Waals surface area contributed by atoms with Crippen LogP contribution >= 0.6 is 11.9 Å². The highest BCUT2D eigenvalue weighted by Gasteiger charge is 2.14. The molecule has 1 N–H and O–H groups in total. The zero-order valence-electron chi connectivity index (χ0n) is 18.2. The number of rotatable bonds is 7. The Labute approximate surface area is 185 Å². The Morgan fingerprint density at radius 3 is 2.53 bits per heavy atom. The first-order valence-corrected chi connectivity index (χ1v) is 12.0. The van der Waals surface area contributed by atoms with Crippen LogP contribution in [0.15, 0.2) is 65.6 Å². The molecule has 3 nitrogen and oxygen atoms in total. The first-order chi connectivity index (χ1) is 14.7. The summed E-state index contributed by atoms with van der Waals surface area (Å²) in [4.78, 5) is 6.46. The average molecular weight is 420 g/mol. The van der Waals surface area contributed by atoms with E-state index in [4.69, 9.17) is 0 Å². The third-order valence-electron chi connectivity index (χ3n) is 5.93. The number of aryl methyl sites for hydroxylation is 1. The van der Waals surface area contributed by atoms with E-state index >= 15 is 0 Å². The summed E-state index contributed by atoms with van der Waals surface area (Å²) in [7, 11) is 0. The van der Waals surface area contributed by atoms with Crippen LogP contribution in [0, 0.1) is 6.92 Å². The molecule has 0 aliphatic carbocycles. The van der Waals surface area contributed by atoms with E-state index in [1.165, 1.54) is 78.0 Å². The van der Waals surface area contributed by atoms with E-state index in [0.29, 0.717) is 0 Å². The van der Waals surface area contributed by atoms with Crippen LogP contribution < -0.4 is 4.72 Å². The van der Waals surface area contributed by atoms with Gasteiger partial charge in [-0.2, -0.15) is 0 Å². The Kier molecular flexibility index (Phi) is 7.32. The minimum atomic E-state index is 1.04. The molecule has 0 amide bonds. The molecule has 158 valence electrons. The quantitative estimate of drug-likeness (QED) is 0.460. The van der Waals surface area contributed by atoms with Gasteiger partial charge >= 0.3 is 0 Å². The maximum Gasteiger partial charge on any atom is 0.0475 e. The van der Waals surface area contributed by atoms with Crippen molar-refractivity contribution in [3.63, 3.8) is 0 Å². The van der Waals surface area contributed by atoms with Crippen molar-refractivity contribution < 1.29 is 0 Å². The first-order valence-electron chi connectivity index (χ1n) is 11.2. The lowest BCUT2D eigenvalue weighted by Crippen LogP contribution is -2.31. The van der Waals surface area contributed by atoms with Crippen molar-refractivity contribution in [3.8, 4) is 0 Å². The largest absolute Gasteiger partial charge is 0.325 e. The van der Waals surface area contributed by atoms with Crippen molar-refractivity contribution in [2.24, 2.45) is 0 Å². The molecule has 1 aliphatic heterocycles. The lowest BCUT2D eigenvalue weighted by molar-refractivity contribution is 0.252. The molecule has 1 saturated heterocycles. The number of hydrogen-bond acceptors (Lipinski definition) is 4. The van der Waals surface area contributed by atoms with Crippen molar-refractivity contribution in [2.45, 2.75) is 38.1 Å². The zero-order valence-corrected chi connectivity index (χ0v) is 19.0. The summed E-state index contributed by atoms with van der Waals surface area (Å²) in [6.45, 7) is 11.5. The van der Waals surface area contributed by atoms with Crippen LogP contribution in [0.1, 0.15) is 30.9 Å². The number of nitrogens with zero attached hydrogens (tertiary/aromatic N) is 2. The van der Waals surface area contributed by atoms with Gasteiger partial charge in [-0.05, 0) is 91.4 Å². The number of benzene rings is 3. The Morgan fingerprint density at radius 1 is 0.867 bits per heavy atom. The fourth-order valence-electron chi connectivity index (χ4n) is 4.20. The first kappa shape index (κ1) is 21.2. The molecule has 3 aromatic rings. The highest BCUT2D eigenvalue weighted by atomic mass is 32.2. The average Bonchev–Trinajstić information content (AvgIpc) is 2.99. The van der Waals surface area contributed by atoms with E-state index in [0.717, 1.165) is 6.54 Å². The van der Waals surface area contributed by atoms with Crippen molar-refractivity contribution >= 4 is 28.4 Å². The van der Waals surface area contributed by atoms with Crippen LogP contribution in [0.3, 0.4) is 0 Å². The molecular formula is C26H33N3S.